The van der Waals surface area contributed by atoms with E-state index in [1.54, 1.807) is 36.6 Å². The van der Waals surface area contributed by atoms with Crippen molar-refractivity contribution < 1.29 is 9.53 Å². The van der Waals surface area contributed by atoms with Gasteiger partial charge in [0.25, 0.3) is 11.5 Å². The average molecular weight is 586 g/mol. The van der Waals surface area contributed by atoms with Crippen LogP contribution in [0.5, 0.6) is 5.75 Å². The number of carbonyl (C=O) groups excluding carboxylic acids is 1. The third-order valence-electron chi connectivity index (χ3n) is 7.54. The molecule has 3 aromatic rings. The second kappa shape index (κ2) is 12.3. The van der Waals surface area contributed by atoms with Gasteiger partial charge in [-0.3, -0.25) is 24.0 Å². The van der Waals surface area contributed by atoms with Crippen molar-refractivity contribution in [1.82, 2.24) is 14.4 Å². The molecule has 0 N–H and O–H groups in total. The minimum absolute atomic E-state index is 0.0823. The molecule has 0 radical (unpaired) electrons. The van der Waals surface area contributed by atoms with Gasteiger partial charge in [-0.2, -0.15) is 5.26 Å². The minimum Gasteiger partial charge on any atom is -0.497 e. The lowest BCUT2D eigenvalue weighted by Gasteiger charge is -2.37. The molecule has 41 heavy (non-hydrogen) atoms. The van der Waals surface area contributed by atoms with Crippen LogP contribution in [0.25, 0.3) is 6.08 Å². The Balaban J connectivity index is 1.43. The summed E-state index contributed by atoms with van der Waals surface area (Å²) in [6.45, 7) is 6.06. The highest BCUT2D eigenvalue weighted by atomic mass is 32.2. The van der Waals surface area contributed by atoms with Crippen LogP contribution in [0.3, 0.4) is 0 Å². The molecule has 0 bridgehead atoms. The largest absolute Gasteiger partial charge is 0.497 e. The first-order valence-corrected chi connectivity index (χ1v) is 14.6. The zero-order valence-corrected chi connectivity index (χ0v) is 24.9. The Hall–Kier alpha value is -3.91. The van der Waals surface area contributed by atoms with Crippen LogP contribution in [0.15, 0.2) is 64.3 Å². The topological polar surface area (TPSA) is 81.8 Å². The Morgan fingerprint density at radius 1 is 1.00 bits per heavy atom. The Morgan fingerprint density at radius 3 is 2.29 bits per heavy atom. The number of thioether (sulfide) groups is 1. The molecule has 1 aromatic heterocycles. The summed E-state index contributed by atoms with van der Waals surface area (Å²) in [5, 5.41) is 9.81. The molecule has 10 heteroatoms. The van der Waals surface area contributed by atoms with Crippen LogP contribution in [0.2, 0.25) is 0 Å². The first-order chi connectivity index (χ1) is 19.8. The molecule has 2 aromatic carbocycles. The Bertz CT molecular complexity index is 1600. The fourth-order valence-corrected chi connectivity index (χ4v) is 6.47. The predicted molar refractivity (Wildman–Crippen MR) is 167 cm³/mol. The van der Waals surface area contributed by atoms with Crippen molar-refractivity contribution in [2.24, 2.45) is 7.05 Å². The number of anilines is 1. The maximum Gasteiger partial charge on any atom is 0.270 e. The van der Waals surface area contributed by atoms with Gasteiger partial charge in [0, 0.05) is 45.3 Å². The van der Waals surface area contributed by atoms with Gasteiger partial charge in [-0.1, -0.05) is 66.4 Å². The van der Waals surface area contributed by atoms with Gasteiger partial charge in [-0.05, 0) is 41.8 Å². The van der Waals surface area contributed by atoms with Gasteiger partial charge in [0.2, 0.25) is 0 Å². The number of aromatic nitrogens is 1. The molecule has 210 valence electrons. The number of thiocarbonyl (C=S) groups is 1. The first kappa shape index (κ1) is 28.6. The minimum atomic E-state index is -0.337. The van der Waals surface area contributed by atoms with E-state index >= 15 is 0 Å². The van der Waals surface area contributed by atoms with E-state index in [2.05, 4.69) is 28.0 Å². The first-order valence-electron chi connectivity index (χ1n) is 13.3. The number of methoxy groups -OCH3 is 1. The summed E-state index contributed by atoms with van der Waals surface area (Å²) >= 11 is 6.83. The van der Waals surface area contributed by atoms with Crippen LogP contribution in [0, 0.1) is 18.3 Å². The Morgan fingerprint density at radius 2 is 1.66 bits per heavy atom. The summed E-state index contributed by atoms with van der Waals surface area (Å²) in [6, 6.07) is 20.0. The molecular formula is C31H31N5O3S2. The van der Waals surface area contributed by atoms with Crippen molar-refractivity contribution in [2.75, 3.05) is 38.2 Å². The van der Waals surface area contributed by atoms with E-state index in [4.69, 9.17) is 17.0 Å². The molecular weight excluding hydrogens is 555 g/mol. The summed E-state index contributed by atoms with van der Waals surface area (Å²) in [5.41, 5.74) is 3.21. The smallest absolute Gasteiger partial charge is 0.270 e. The molecule has 0 spiro atoms. The molecule has 0 unspecified atom stereocenters. The lowest BCUT2D eigenvalue weighted by Crippen LogP contribution is -2.48. The van der Waals surface area contributed by atoms with E-state index in [1.807, 2.05) is 42.5 Å². The van der Waals surface area contributed by atoms with E-state index in [1.165, 1.54) is 17.3 Å². The second-order valence-electron chi connectivity index (χ2n) is 10.1. The van der Waals surface area contributed by atoms with Crippen LogP contribution in [0.4, 0.5) is 5.82 Å². The standard InChI is InChI=1S/C31H31N5O3S2/c1-21-25(17-27-30(38)36(31(40)41-27)20-23-9-11-24(39-3)12-10-23)28(33(2)29(37)26(21)18-32)35-15-13-34(14-16-35)19-22-7-5-4-6-8-22/h4-12,17H,13-16,19-20H2,1-3H3/b27-17-. The number of hydrogen-bond acceptors (Lipinski definition) is 8. The van der Waals surface area contributed by atoms with Crippen molar-refractivity contribution in [1.29, 1.82) is 5.26 Å². The van der Waals surface area contributed by atoms with Gasteiger partial charge >= 0.3 is 0 Å². The fraction of sp³-hybridized carbons (Fsp3) is 0.290. The number of carbonyl (C=O) groups is 1. The second-order valence-corrected chi connectivity index (χ2v) is 11.8. The lowest BCUT2D eigenvalue weighted by molar-refractivity contribution is -0.122. The molecule has 5 rings (SSSR count). The highest BCUT2D eigenvalue weighted by molar-refractivity contribution is 8.26. The normalized spacial score (nSPS) is 16.9. The van der Waals surface area contributed by atoms with Crippen LogP contribution in [-0.2, 0) is 24.9 Å². The maximum absolute atomic E-state index is 13.5. The van der Waals surface area contributed by atoms with E-state index in [0.717, 1.165) is 30.9 Å². The molecule has 3 heterocycles. The van der Waals surface area contributed by atoms with Gasteiger partial charge in [0.1, 0.15) is 27.5 Å². The molecule has 2 aliphatic rings. The van der Waals surface area contributed by atoms with Crippen LogP contribution in [0.1, 0.15) is 27.8 Å². The third-order valence-corrected chi connectivity index (χ3v) is 8.92. The molecule has 0 saturated carbocycles. The monoisotopic (exact) mass is 585 g/mol. The summed E-state index contributed by atoms with van der Waals surface area (Å²) in [7, 11) is 3.31. The number of nitrogens with zero attached hydrogens (tertiary/aromatic N) is 5. The van der Waals surface area contributed by atoms with Crippen LogP contribution >= 0.6 is 24.0 Å². The number of pyridine rings is 1. The van der Waals surface area contributed by atoms with Crippen molar-refractivity contribution in [2.45, 2.75) is 20.0 Å². The quantitative estimate of drug-likeness (QED) is 0.300. The van der Waals surface area contributed by atoms with Crippen molar-refractivity contribution in [3.05, 3.63) is 97.7 Å². The highest BCUT2D eigenvalue weighted by Gasteiger charge is 2.33. The molecule has 2 fully saturated rings. The van der Waals surface area contributed by atoms with Crippen molar-refractivity contribution >= 4 is 46.1 Å². The predicted octanol–water partition coefficient (Wildman–Crippen LogP) is 4.30. The van der Waals surface area contributed by atoms with Gasteiger partial charge in [0.15, 0.2) is 0 Å². The lowest BCUT2D eigenvalue weighted by atomic mass is 10.0. The number of piperazine rings is 1. The fourth-order valence-electron chi connectivity index (χ4n) is 5.23. The van der Waals surface area contributed by atoms with Crippen LogP contribution < -0.4 is 15.2 Å². The van der Waals surface area contributed by atoms with E-state index in [0.29, 0.717) is 45.8 Å². The number of amides is 1. The SMILES string of the molecule is COc1ccc(CN2C(=O)/C(=C/c3c(C)c(C#N)c(=O)n(C)c3N3CCN(Cc4ccccc4)CC3)SC2=S)cc1. The van der Waals surface area contributed by atoms with Gasteiger partial charge < -0.3 is 9.64 Å². The maximum atomic E-state index is 13.5. The van der Waals surface area contributed by atoms with E-state index in [9.17, 15) is 14.9 Å². The van der Waals surface area contributed by atoms with Crippen molar-refractivity contribution in [3.8, 4) is 11.8 Å². The molecule has 0 aliphatic carbocycles. The molecule has 8 nitrogen and oxygen atoms in total. The number of ether oxygens (including phenoxy) is 1. The number of nitriles is 1. The molecule has 1 amide bonds. The van der Waals surface area contributed by atoms with E-state index in [-0.39, 0.29) is 17.0 Å². The highest BCUT2D eigenvalue weighted by Crippen LogP contribution is 2.36. The zero-order chi connectivity index (χ0) is 29.1. The number of rotatable bonds is 7. The van der Waals surface area contributed by atoms with Gasteiger partial charge in [0.05, 0.1) is 18.6 Å². The van der Waals surface area contributed by atoms with Crippen molar-refractivity contribution in [3.63, 3.8) is 0 Å². The van der Waals surface area contributed by atoms with Gasteiger partial charge in [-0.15, -0.1) is 0 Å². The summed E-state index contributed by atoms with van der Waals surface area (Å²) in [6.07, 6.45) is 1.80. The van der Waals surface area contributed by atoms with Crippen LogP contribution in [-0.4, -0.2) is 57.9 Å². The van der Waals surface area contributed by atoms with Gasteiger partial charge in [-0.25, -0.2) is 0 Å². The molecule has 0 atom stereocenters. The number of hydrogen-bond donors (Lipinski definition) is 0. The number of benzene rings is 2. The Labute approximate surface area is 249 Å². The average Bonchev–Trinajstić information content (AvgIpc) is 3.25. The summed E-state index contributed by atoms with van der Waals surface area (Å²) in [5.74, 6) is 1.26. The molecule has 2 aliphatic heterocycles. The third kappa shape index (κ3) is 5.93. The Kier molecular flexibility index (Phi) is 8.59. The van der Waals surface area contributed by atoms with E-state index < -0.39 is 0 Å². The summed E-state index contributed by atoms with van der Waals surface area (Å²) in [4.78, 5) is 33.3. The zero-order valence-electron chi connectivity index (χ0n) is 23.3. The molecule has 2 saturated heterocycles. The summed E-state index contributed by atoms with van der Waals surface area (Å²) < 4.78 is 7.25.